The molecule has 0 bridgehead atoms. The van der Waals surface area contributed by atoms with Crippen LogP contribution in [0.5, 0.6) is 0 Å². The van der Waals surface area contributed by atoms with E-state index < -0.39 is 0 Å². The van der Waals surface area contributed by atoms with Crippen molar-refractivity contribution >= 4 is 11.6 Å². The largest absolute Gasteiger partial charge is 0.298 e. The van der Waals surface area contributed by atoms with E-state index in [0.717, 1.165) is 30.7 Å². The average molecular weight is 281 g/mol. The van der Waals surface area contributed by atoms with Crippen molar-refractivity contribution in [2.75, 3.05) is 26.2 Å². The molecule has 1 aromatic carbocycles. The third-order valence-electron chi connectivity index (χ3n) is 4.22. The second kappa shape index (κ2) is 7.28. The van der Waals surface area contributed by atoms with Crippen LogP contribution >= 0.6 is 11.6 Å². The van der Waals surface area contributed by atoms with Crippen LogP contribution < -0.4 is 0 Å². The first kappa shape index (κ1) is 14.8. The molecule has 0 radical (unpaired) electrons. The summed E-state index contributed by atoms with van der Waals surface area (Å²) in [5, 5.41) is 0.893. The molecule has 2 nitrogen and oxygen atoms in total. The Balaban J connectivity index is 1.85. The number of benzene rings is 1. The minimum absolute atomic E-state index is 0.766. The van der Waals surface area contributed by atoms with Gasteiger partial charge in [-0.3, -0.25) is 9.80 Å². The van der Waals surface area contributed by atoms with E-state index in [0.29, 0.717) is 0 Å². The first-order valence-corrected chi connectivity index (χ1v) is 7.82. The normalized spacial score (nSPS) is 18.1. The Morgan fingerprint density at radius 2 is 1.68 bits per heavy atom. The number of rotatable bonds is 5. The van der Waals surface area contributed by atoms with Crippen molar-refractivity contribution < 1.29 is 0 Å². The first-order chi connectivity index (χ1) is 9.24. The Hall–Kier alpha value is -0.570. The van der Waals surface area contributed by atoms with Gasteiger partial charge in [-0.25, -0.2) is 0 Å². The maximum Gasteiger partial charge on any atom is 0.0451 e. The van der Waals surface area contributed by atoms with Crippen molar-refractivity contribution in [1.82, 2.24) is 9.80 Å². The van der Waals surface area contributed by atoms with Gasteiger partial charge in [-0.2, -0.15) is 0 Å². The fourth-order valence-electron chi connectivity index (χ4n) is 2.96. The van der Waals surface area contributed by atoms with Crippen LogP contribution in [0.3, 0.4) is 0 Å². The molecular weight excluding hydrogens is 256 g/mol. The zero-order valence-electron chi connectivity index (χ0n) is 12.1. The quantitative estimate of drug-likeness (QED) is 0.812. The van der Waals surface area contributed by atoms with Crippen LogP contribution in [0.4, 0.5) is 0 Å². The predicted octanol–water partition coefficient (Wildman–Crippen LogP) is 3.65. The van der Waals surface area contributed by atoms with Crippen molar-refractivity contribution in [1.29, 1.82) is 0 Å². The molecule has 1 heterocycles. The smallest absolute Gasteiger partial charge is 0.0451 e. The van der Waals surface area contributed by atoms with Crippen molar-refractivity contribution in [3.05, 3.63) is 34.9 Å². The molecule has 0 unspecified atom stereocenters. The second-order valence-corrected chi connectivity index (χ2v) is 5.78. The topological polar surface area (TPSA) is 6.48 Å². The van der Waals surface area contributed by atoms with E-state index in [4.69, 9.17) is 11.6 Å². The maximum atomic E-state index is 6.23. The Morgan fingerprint density at radius 1 is 1.05 bits per heavy atom. The highest BCUT2D eigenvalue weighted by Gasteiger charge is 2.21. The molecule has 3 heteroatoms. The van der Waals surface area contributed by atoms with E-state index in [1.807, 2.05) is 12.1 Å². The van der Waals surface area contributed by atoms with Crippen LogP contribution in [0.25, 0.3) is 0 Å². The molecule has 2 rings (SSSR count). The standard InChI is InChI=1S/C16H25ClN2/c1-3-15(4-2)19-11-9-18(10-12-19)13-14-7-5-6-8-16(14)17/h5-8,15H,3-4,9-13H2,1-2H3. The molecule has 0 spiro atoms. The summed E-state index contributed by atoms with van der Waals surface area (Å²) >= 11 is 6.23. The fourth-order valence-corrected chi connectivity index (χ4v) is 3.15. The highest BCUT2D eigenvalue weighted by molar-refractivity contribution is 6.31. The summed E-state index contributed by atoms with van der Waals surface area (Å²) in [5.41, 5.74) is 1.25. The summed E-state index contributed by atoms with van der Waals surface area (Å²) in [6, 6.07) is 8.95. The van der Waals surface area contributed by atoms with Crippen molar-refractivity contribution in [3.8, 4) is 0 Å². The van der Waals surface area contributed by atoms with Crippen LogP contribution in [0.1, 0.15) is 32.3 Å². The Morgan fingerprint density at radius 3 is 2.26 bits per heavy atom. The van der Waals surface area contributed by atoms with Crippen LogP contribution in [-0.4, -0.2) is 42.0 Å². The lowest BCUT2D eigenvalue weighted by molar-refractivity contribution is 0.0881. The van der Waals surface area contributed by atoms with Crippen LogP contribution in [0.2, 0.25) is 5.02 Å². The molecule has 0 aromatic heterocycles. The molecule has 1 aromatic rings. The SMILES string of the molecule is CCC(CC)N1CCN(Cc2ccccc2Cl)CC1. The van der Waals surface area contributed by atoms with E-state index in [1.54, 1.807) is 0 Å². The van der Waals surface area contributed by atoms with Crippen molar-refractivity contribution in [2.24, 2.45) is 0 Å². The summed E-state index contributed by atoms with van der Waals surface area (Å²) in [4.78, 5) is 5.16. The molecule has 0 N–H and O–H groups in total. The van der Waals surface area contributed by atoms with Gasteiger partial charge in [-0.15, -0.1) is 0 Å². The summed E-state index contributed by atoms with van der Waals surface area (Å²) in [6.45, 7) is 10.3. The zero-order chi connectivity index (χ0) is 13.7. The van der Waals surface area contributed by atoms with E-state index in [1.165, 1.54) is 31.5 Å². The highest BCUT2D eigenvalue weighted by atomic mass is 35.5. The van der Waals surface area contributed by atoms with Crippen LogP contribution in [0, 0.1) is 0 Å². The van der Waals surface area contributed by atoms with Gasteiger partial charge in [0.05, 0.1) is 0 Å². The molecule has 106 valence electrons. The number of nitrogens with zero attached hydrogens (tertiary/aromatic N) is 2. The monoisotopic (exact) mass is 280 g/mol. The van der Waals surface area contributed by atoms with Gasteiger partial charge in [-0.1, -0.05) is 43.6 Å². The van der Waals surface area contributed by atoms with E-state index in [2.05, 4.69) is 35.8 Å². The third kappa shape index (κ3) is 3.95. The Labute approximate surface area is 122 Å². The van der Waals surface area contributed by atoms with Crippen LogP contribution in [0.15, 0.2) is 24.3 Å². The Bertz CT molecular complexity index is 382. The molecule has 0 amide bonds. The summed E-state index contributed by atoms with van der Waals surface area (Å²) < 4.78 is 0. The zero-order valence-corrected chi connectivity index (χ0v) is 12.9. The highest BCUT2D eigenvalue weighted by Crippen LogP contribution is 2.19. The van der Waals surface area contributed by atoms with Gasteiger partial charge in [0.1, 0.15) is 0 Å². The van der Waals surface area contributed by atoms with Gasteiger partial charge < -0.3 is 0 Å². The van der Waals surface area contributed by atoms with Crippen molar-refractivity contribution in [2.45, 2.75) is 39.3 Å². The molecule has 1 aliphatic rings. The second-order valence-electron chi connectivity index (χ2n) is 5.37. The summed E-state index contributed by atoms with van der Waals surface area (Å²) in [7, 11) is 0. The van der Waals surface area contributed by atoms with Gasteiger partial charge in [0.2, 0.25) is 0 Å². The van der Waals surface area contributed by atoms with Gasteiger partial charge in [0.15, 0.2) is 0 Å². The molecule has 0 aliphatic carbocycles. The summed E-state index contributed by atoms with van der Waals surface area (Å²) in [5.74, 6) is 0. The van der Waals surface area contributed by atoms with Crippen molar-refractivity contribution in [3.63, 3.8) is 0 Å². The number of hydrogen-bond donors (Lipinski definition) is 0. The molecule has 19 heavy (non-hydrogen) atoms. The number of halogens is 1. The van der Waals surface area contributed by atoms with E-state index in [-0.39, 0.29) is 0 Å². The molecule has 1 saturated heterocycles. The third-order valence-corrected chi connectivity index (χ3v) is 4.59. The molecule has 0 saturated carbocycles. The van der Waals surface area contributed by atoms with Gasteiger partial charge in [0.25, 0.3) is 0 Å². The van der Waals surface area contributed by atoms with Gasteiger partial charge >= 0.3 is 0 Å². The van der Waals surface area contributed by atoms with Gasteiger partial charge in [0, 0.05) is 43.8 Å². The fraction of sp³-hybridized carbons (Fsp3) is 0.625. The minimum atomic E-state index is 0.766. The van der Waals surface area contributed by atoms with E-state index in [9.17, 15) is 0 Å². The van der Waals surface area contributed by atoms with Crippen LogP contribution in [-0.2, 0) is 6.54 Å². The maximum absolute atomic E-state index is 6.23. The molecule has 1 fully saturated rings. The lowest BCUT2D eigenvalue weighted by Gasteiger charge is -2.39. The average Bonchev–Trinajstić information content (AvgIpc) is 2.44. The molecular formula is C16H25ClN2. The Kier molecular flexibility index (Phi) is 5.68. The predicted molar refractivity (Wildman–Crippen MR) is 82.7 cm³/mol. The van der Waals surface area contributed by atoms with E-state index >= 15 is 0 Å². The number of hydrogen-bond acceptors (Lipinski definition) is 2. The molecule has 0 atom stereocenters. The lowest BCUT2D eigenvalue weighted by atomic mass is 10.1. The van der Waals surface area contributed by atoms with Gasteiger partial charge in [-0.05, 0) is 24.5 Å². The molecule has 1 aliphatic heterocycles. The lowest BCUT2D eigenvalue weighted by Crippen LogP contribution is -2.49. The number of piperazine rings is 1. The first-order valence-electron chi connectivity index (χ1n) is 7.44. The summed E-state index contributed by atoms with van der Waals surface area (Å²) in [6.07, 6.45) is 2.53. The minimum Gasteiger partial charge on any atom is -0.298 e.